The molecule has 1 aromatic heterocycles. The van der Waals surface area contributed by atoms with Crippen LogP contribution in [-0.2, 0) is 0 Å². The van der Waals surface area contributed by atoms with Gasteiger partial charge in [0.1, 0.15) is 11.6 Å². The molecule has 0 bridgehead atoms. The van der Waals surface area contributed by atoms with Crippen molar-refractivity contribution in [3.8, 4) is 5.75 Å². The number of carbonyl (C=O) groups is 1. The van der Waals surface area contributed by atoms with Crippen LogP contribution < -0.4 is 15.4 Å². The highest BCUT2D eigenvalue weighted by Gasteiger charge is 2.09. The third kappa shape index (κ3) is 5.07. The Labute approximate surface area is 159 Å². The molecule has 0 aliphatic heterocycles. The van der Waals surface area contributed by atoms with Crippen LogP contribution in [-0.4, -0.2) is 17.0 Å². The van der Waals surface area contributed by atoms with E-state index in [4.69, 9.17) is 4.74 Å². The summed E-state index contributed by atoms with van der Waals surface area (Å²) in [5, 5.41) is 6.11. The molecular formula is C22H23N3O2. The predicted octanol–water partition coefficient (Wildman–Crippen LogP) is 5.17. The Morgan fingerprint density at radius 2 is 1.85 bits per heavy atom. The lowest BCUT2D eigenvalue weighted by atomic mass is 10.2. The Morgan fingerprint density at radius 1 is 1.04 bits per heavy atom. The standard InChI is InChI=1S/C22H23N3O2/c1-15(2)27-20-10-5-4-9-19(20)25-21-12-11-17(14-23-21)22(26)24-18-8-6-7-16(3)13-18/h4-15H,1-3H3,(H,23,25)(H,24,26). The maximum atomic E-state index is 12.4. The van der Waals surface area contributed by atoms with Gasteiger partial charge in [-0.1, -0.05) is 24.3 Å². The molecular weight excluding hydrogens is 338 g/mol. The van der Waals surface area contributed by atoms with E-state index in [9.17, 15) is 4.79 Å². The van der Waals surface area contributed by atoms with E-state index in [1.807, 2.05) is 69.3 Å². The van der Waals surface area contributed by atoms with E-state index in [1.165, 1.54) is 0 Å². The molecule has 0 atom stereocenters. The smallest absolute Gasteiger partial charge is 0.257 e. The number of benzene rings is 2. The third-order valence-corrected chi connectivity index (χ3v) is 3.81. The largest absolute Gasteiger partial charge is 0.489 e. The predicted molar refractivity (Wildman–Crippen MR) is 109 cm³/mol. The van der Waals surface area contributed by atoms with E-state index in [1.54, 1.807) is 18.3 Å². The summed E-state index contributed by atoms with van der Waals surface area (Å²) in [6.07, 6.45) is 1.63. The summed E-state index contributed by atoms with van der Waals surface area (Å²) in [6, 6.07) is 18.9. The summed E-state index contributed by atoms with van der Waals surface area (Å²) in [7, 11) is 0. The molecule has 0 aliphatic rings. The van der Waals surface area contributed by atoms with Crippen molar-refractivity contribution in [3.05, 3.63) is 78.0 Å². The molecule has 2 aromatic carbocycles. The second-order valence-corrected chi connectivity index (χ2v) is 6.54. The molecule has 0 saturated carbocycles. The van der Waals surface area contributed by atoms with Crippen molar-refractivity contribution in [1.29, 1.82) is 0 Å². The molecule has 0 unspecified atom stereocenters. The topological polar surface area (TPSA) is 63.2 Å². The third-order valence-electron chi connectivity index (χ3n) is 3.81. The highest BCUT2D eigenvalue weighted by atomic mass is 16.5. The second-order valence-electron chi connectivity index (χ2n) is 6.54. The molecule has 3 rings (SSSR count). The van der Waals surface area contributed by atoms with Gasteiger partial charge >= 0.3 is 0 Å². The van der Waals surface area contributed by atoms with Crippen molar-refractivity contribution in [2.45, 2.75) is 26.9 Å². The van der Waals surface area contributed by atoms with Gasteiger partial charge in [-0.15, -0.1) is 0 Å². The molecule has 1 amide bonds. The average molecular weight is 361 g/mol. The van der Waals surface area contributed by atoms with E-state index in [-0.39, 0.29) is 12.0 Å². The number of amides is 1. The van der Waals surface area contributed by atoms with Gasteiger partial charge in [-0.3, -0.25) is 4.79 Å². The number of carbonyl (C=O) groups excluding carboxylic acids is 1. The Bertz CT molecular complexity index is 921. The molecule has 0 saturated heterocycles. The quantitative estimate of drug-likeness (QED) is 0.635. The number of ether oxygens (including phenoxy) is 1. The lowest BCUT2D eigenvalue weighted by Crippen LogP contribution is -2.12. The molecule has 27 heavy (non-hydrogen) atoms. The van der Waals surface area contributed by atoms with Gasteiger partial charge in [-0.05, 0) is 62.7 Å². The van der Waals surface area contributed by atoms with Gasteiger partial charge in [0.2, 0.25) is 0 Å². The summed E-state index contributed by atoms with van der Waals surface area (Å²) < 4.78 is 5.80. The van der Waals surface area contributed by atoms with E-state index in [0.29, 0.717) is 11.4 Å². The second kappa shape index (κ2) is 8.36. The molecule has 3 aromatic rings. The molecule has 5 heteroatoms. The fourth-order valence-electron chi connectivity index (χ4n) is 2.59. The van der Waals surface area contributed by atoms with Crippen molar-refractivity contribution in [2.75, 3.05) is 10.6 Å². The Balaban J connectivity index is 1.70. The minimum atomic E-state index is -0.191. The first kappa shape index (κ1) is 18.5. The zero-order valence-corrected chi connectivity index (χ0v) is 15.7. The monoisotopic (exact) mass is 361 g/mol. The first-order valence-electron chi connectivity index (χ1n) is 8.88. The van der Waals surface area contributed by atoms with Gasteiger partial charge in [-0.25, -0.2) is 4.98 Å². The molecule has 0 aliphatic carbocycles. The van der Waals surface area contributed by atoms with E-state index in [0.717, 1.165) is 22.7 Å². The highest BCUT2D eigenvalue weighted by Crippen LogP contribution is 2.27. The maximum absolute atomic E-state index is 12.4. The number of aryl methyl sites for hydroxylation is 1. The molecule has 0 spiro atoms. The SMILES string of the molecule is Cc1cccc(NC(=O)c2ccc(Nc3ccccc3OC(C)C)nc2)c1. The molecule has 2 N–H and O–H groups in total. The van der Waals surface area contributed by atoms with Crippen LogP contribution in [0.4, 0.5) is 17.2 Å². The van der Waals surface area contributed by atoms with Crippen molar-refractivity contribution in [3.63, 3.8) is 0 Å². The van der Waals surface area contributed by atoms with Crippen molar-refractivity contribution in [1.82, 2.24) is 4.98 Å². The number of hydrogen-bond donors (Lipinski definition) is 2. The zero-order chi connectivity index (χ0) is 19.2. The molecule has 138 valence electrons. The van der Waals surface area contributed by atoms with Gasteiger partial charge in [0.25, 0.3) is 5.91 Å². The van der Waals surface area contributed by atoms with Gasteiger partial charge in [0.15, 0.2) is 0 Å². The minimum absolute atomic E-state index is 0.0774. The molecule has 0 fully saturated rings. The van der Waals surface area contributed by atoms with Crippen LogP contribution >= 0.6 is 0 Å². The Morgan fingerprint density at radius 3 is 2.56 bits per heavy atom. The van der Waals surface area contributed by atoms with Crippen molar-refractivity contribution >= 4 is 23.1 Å². The zero-order valence-electron chi connectivity index (χ0n) is 15.7. The van der Waals surface area contributed by atoms with Crippen LogP contribution in [0.3, 0.4) is 0 Å². The normalized spacial score (nSPS) is 10.5. The number of aromatic nitrogens is 1. The number of nitrogens with zero attached hydrogens (tertiary/aromatic N) is 1. The lowest BCUT2D eigenvalue weighted by Gasteiger charge is -2.15. The molecule has 1 heterocycles. The first-order chi connectivity index (χ1) is 13.0. The fraction of sp³-hybridized carbons (Fsp3) is 0.182. The summed E-state index contributed by atoms with van der Waals surface area (Å²) in [4.78, 5) is 16.7. The van der Waals surface area contributed by atoms with E-state index >= 15 is 0 Å². The van der Waals surface area contributed by atoms with E-state index < -0.39 is 0 Å². The molecule has 0 radical (unpaired) electrons. The lowest BCUT2D eigenvalue weighted by molar-refractivity contribution is 0.102. The fourth-order valence-corrected chi connectivity index (χ4v) is 2.59. The highest BCUT2D eigenvalue weighted by molar-refractivity contribution is 6.04. The summed E-state index contributed by atoms with van der Waals surface area (Å²) in [5.74, 6) is 1.21. The van der Waals surface area contributed by atoms with E-state index in [2.05, 4.69) is 15.6 Å². The van der Waals surface area contributed by atoms with Gasteiger partial charge < -0.3 is 15.4 Å². The maximum Gasteiger partial charge on any atom is 0.257 e. The average Bonchev–Trinajstić information content (AvgIpc) is 2.63. The number of para-hydroxylation sites is 2. The van der Waals surface area contributed by atoms with Crippen molar-refractivity contribution in [2.24, 2.45) is 0 Å². The van der Waals surface area contributed by atoms with Gasteiger partial charge in [-0.2, -0.15) is 0 Å². The van der Waals surface area contributed by atoms with Gasteiger partial charge in [0, 0.05) is 11.9 Å². The van der Waals surface area contributed by atoms with Crippen LogP contribution in [0.1, 0.15) is 29.8 Å². The number of nitrogens with one attached hydrogen (secondary N) is 2. The number of pyridine rings is 1. The molecule has 5 nitrogen and oxygen atoms in total. The van der Waals surface area contributed by atoms with Crippen LogP contribution in [0.15, 0.2) is 66.9 Å². The summed E-state index contributed by atoms with van der Waals surface area (Å²) in [6.45, 7) is 5.95. The summed E-state index contributed by atoms with van der Waals surface area (Å²) >= 11 is 0. The van der Waals surface area contributed by atoms with Gasteiger partial charge in [0.05, 0.1) is 17.4 Å². The Kier molecular flexibility index (Phi) is 5.71. The summed E-state index contributed by atoms with van der Waals surface area (Å²) in [5.41, 5.74) is 3.18. The number of hydrogen-bond acceptors (Lipinski definition) is 4. The van der Waals surface area contributed by atoms with Crippen molar-refractivity contribution < 1.29 is 9.53 Å². The number of rotatable bonds is 6. The minimum Gasteiger partial charge on any atom is -0.489 e. The van der Waals surface area contributed by atoms with Crippen LogP contribution in [0, 0.1) is 6.92 Å². The van der Waals surface area contributed by atoms with Crippen LogP contribution in [0.2, 0.25) is 0 Å². The number of anilines is 3. The first-order valence-corrected chi connectivity index (χ1v) is 8.88. The van der Waals surface area contributed by atoms with Crippen LogP contribution in [0.25, 0.3) is 0 Å². The van der Waals surface area contributed by atoms with Crippen LogP contribution in [0.5, 0.6) is 5.75 Å². The Hall–Kier alpha value is -3.34.